The van der Waals surface area contributed by atoms with Crippen LogP contribution in [0.5, 0.6) is 0 Å². The molecule has 3 atom stereocenters. The van der Waals surface area contributed by atoms with E-state index in [0.29, 0.717) is 6.54 Å². The number of likely N-dealkylation sites (tertiary alicyclic amines) is 1. The Bertz CT molecular complexity index is 358. The lowest BCUT2D eigenvalue weighted by molar-refractivity contribution is -0.140. The van der Waals surface area contributed by atoms with E-state index < -0.39 is 5.41 Å². The summed E-state index contributed by atoms with van der Waals surface area (Å²) in [7, 11) is 0. The maximum Gasteiger partial charge on any atom is 0.230 e. The largest absolute Gasteiger partial charge is 0.352 e. The van der Waals surface area contributed by atoms with Gasteiger partial charge in [-0.15, -0.1) is 0 Å². The topological polar surface area (TPSA) is 75.4 Å². The molecule has 2 rings (SSSR count). The Morgan fingerprint density at radius 1 is 1.39 bits per heavy atom. The Labute approximate surface area is 108 Å². The summed E-state index contributed by atoms with van der Waals surface area (Å²) in [6, 6.07) is 0.0810. The van der Waals surface area contributed by atoms with Gasteiger partial charge in [-0.05, 0) is 26.2 Å². The molecule has 1 aliphatic heterocycles. The SMILES string of the molecule is CC(=O)NC1CCN(C(=O)C2(C)CCCC2N)C1. The van der Waals surface area contributed by atoms with Crippen molar-refractivity contribution in [1.29, 1.82) is 0 Å². The molecule has 2 aliphatic rings. The zero-order chi connectivity index (χ0) is 13.3. The monoisotopic (exact) mass is 253 g/mol. The third-order valence-electron chi connectivity index (χ3n) is 4.40. The van der Waals surface area contributed by atoms with Gasteiger partial charge in [0.1, 0.15) is 0 Å². The van der Waals surface area contributed by atoms with Gasteiger partial charge < -0.3 is 16.0 Å². The second kappa shape index (κ2) is 4.88. The molecular weight excluding hydrogens is 230 g/mol. The number of carbonyl (C=O) groups is 2. The number of nitrogens with zero attached hydrogens (tertiary/aromatic N) is 1. The van der Waals surface area contributed by atoms with Crippen LogP contribution in [0.25, 0.3) is 0 Å². The van der Waals surface area contributed by atoms with Gasteiger partial charge in [0.15, 0.2) is 0 Å². The third kappa shape index (κ3) is 2.36. The van der Waals surface area contributed by atoms with Crippen molar-refractivity contribution < 1.29 is 9.59 Å². The Balaban J connectivity index is 1.97. The van der Waals surface area contributed by atoms with Crippen LogP contribution in [0.15, 0.2) is 0 Å². The third-order valence-corrected chi connectivity index (χ3v) is 4.40. The molecular formula is C13H23N3O2. The lowest BCUT2D eigenvalue weighted by Gasteiger charge is -2.32. The zero-order valence-electron chi connectivity index (χ0n) is 11.2. The predicted octanol–water partition coefficient (Wildman–Crippen LogP) is 0.241. The fraction of sp³-hybridized carbons (Fsp3) is 0.846. The molecule has 1 saturated carbocycles. The van der Waals surface area contributed by atoms with Gasteiger partial charge in [0, 0.05) is 32.1 Å². The first-order chi connectivity index (χ1) is 8.43. The molecule has 2 amide bonds. The number of carbonyl (C=O) groups excluding carboxylic acids is 2. The van der Waals surface area contributed by atoms with Crippen LogP contribution in [0, 0.1) is 5.41 Å². The number of rotatable bonds is 2. The molecule has 0 aromatic carbocycles. The maximum atomic E-state index is 12.5. The van der Waals surface area contributed by atoms with Crippen LogP contribution in [0.3, 0.4) is 0 Å². The first-order valence-electron chi connectivity index (χ1n) is 6.75. The number of amides is 2. The van der Waals surface area contributed by atoms with Gasteiger partial charge in [-0.1, -0.05) is 6.42 Å². The summed E-state index contributed by atoms with van der Waals surface area (Å²) in [5.74, 6) is 0.137. The Morgan fingerprint density at radius 3 is 2.67 bits per heavy atom. The molecule has 1 heterocycles. The van der Waals surface area contributed by atoms with Crippen LogP contribution in [0.2, 0.25) is 0 Å². The average molecular weight is 253 g/mol. The maximum absolute atomic E-state index is 12.5. The summed E-state index contributed by atoms with van der Waals surface area (Å²) in [6.45, 7) is 4.85. The van der Waals surface area contributed by atoms with Crippen LogP contribution in [-0.2, 0) is 9.59 Å². The summed E-state index contributed by atoms with van der Waals surface area (Å²) in [5, 5.41) is 2.88. The molecule has 3 unspecified atom stereocenters. The van der Waals surface area contributed by atoms with Crippen LogP contribution < -0.4 is 11.1 Å². The summed E-state index contributed by atoms with van der Waals surface area (Å²) in [6.07, 6.45) is 3.70. The normalized spacial score (nSPS) is 35.8. The minimum absolute atomic E-state index is 0.0233. The van der Waals surface area contributed by atoms with Crippen LogP contribution >= 0.6 is 0 Å². The Hall–Kier alpha value is -1.10. The molecule has 1 saturated heterocycles. The molecule has 5 nitrogen and oxygen atoms in total. The fourth-order valence-electron chi connectivity index (χ4n) is 3.17. The predicted molar refractivity (Wildman–Crippen MR) is 68.7 cm³/mol. The van der Waals surface area contributed by atoms with Crippen molar-refractivity contribution in [1.82, 2.24) is 10.2 Å². The average Bonchev–Trinajstić information content (AvgIpc) is 2.86. The molecule has 2 fully saturated rings. The highest BCUT2D eigenvalue weighted by Gasteiger charge is 2.46. The number of nitrogens with one attached hydrogen (secondary N) is 1. The van der Waals surface area contributed by atoms with Crippen molar-refractivity contribution in [3.63, 3.8) is 0 Å². The summed E-state index contributed by atoms with van der Waals surface area (Å²) >= 11 is 0. The second-order valence-electron chi connectivity index (χ2n) is 5.85. The van der Waals surface area contributed by atoms with Gasteiger partial charge in [0.2, 0.25) is 11.8 Å². The smallest absolute Gasteiger partial charge is 0.230 e. The highest BCUT2D eigenvalue weighted by Crippen LogP contribution is 2.39. The van der Waals surface area contributed by atoms with E-state index in [-0.39, 0.29) is 23.9 Å². The minimum Gasteiger partial charge on any atom is -0.352 e. The lowest BCUT2D eigenvalue weighted by Crippen LogP contribution is -2.49. The number of hydrogen-bond acceptors (Lipinski definition) is 3. The zero-order valence-corrected chi connectivity index (χ0v) is 11.2. The van der Waals surface area contributed by atoms with Crippen LogP contribution in [-0.4, -0.2) is 41.9 Å². The molecule has 0 aromatic rings. The number of hydrogen-bond donors (Lipinski definition) is 2. The minimum atomic E-state index is -0.398. The molecule has 18 heavy (non-hydrogen) atoms. The van der Waals surface area contributed by atoms with Gasteiger partial charge in [-0.2, -0.15) is 0 Å². The van der Waals surface area contributed by atoms with Gasteiger partial charge in [-0.3, -0.25) is 9.59 Å². The fourth-order valence-corrected chi connectivity index (χ4v) is 3.17. The van der Waals surface area contributed by atoms with E-state index in [1.807, 2.05) is 11.8 Å². The molecule has 0 radical (unpaired) electrons. The van der Waals surface area contributed by atoms with E-state index in [2.05, 4.69) is 5.32 Å². The van der Waals surface area contributed by atoms with E-state index in [1.165, 1.54) is 6.92 Å². The van der Waals surface area contributed by atoms with E-state index in [4.69, 9.17) is 5.73 Å². The van der Waals surface area contributed by atoms with E-state index in [9.17, 15) is 9.59 Å². The van der Waals surface area contributed by atoms with Gasteiger partial charge in [-0.25, -0.2) is 0 Å². The molecule has 102 valence electrons. The summed E-state index contributed by atoms with van der Waals surface area (Å²) in [5.41, 5.74) is 5.68. The van der Waals surface area contributed by atoms with Gasteiger partial charge in [0.25, 0.3) is 0 Å². The summed E-state index contributed by atoms with van der Waals surface area (Å²) < 4.78 is 0. The van der Waals surface area contributed by atoms with Crippen LogP contribution in [0.4, 0.5) is 0 Å². The first kappa shape index (κ1) is 13.3. The lowest BCUT2D eigenvalue weighted by atomic mass is 9.83. The molecule has 0 spiro atoms. The Morgan fingerprint density at radius 2 is 2.11 bits per heavy atom. The van der Waals surface area contributed by atoms with Crippen molar-refractivity contribution in [2.75, 3.05) is 13.1 Å². The van der Waals surface area contributed by atoms with Gasteiger partial charge >= 0.3 is 0 Å². The molecule has 0 bridgehead atoms. The van der Waals surface area contributed by atoms with E-state index >= 15 is 0 Å². The molecule has 5 heteroatoms. The molecule has 1 aliphatic carbocycles. The van der Waals surface area contributed by atoms with Gasteiger partial charge in [0.05, 0.1) is 5.41 Å². The van der Waals surface area contributed by atoms with Crippen molar-refractivity contribution in [2.45, 2.75) is 51.6 Å². The van der Waals surface area contributed by atoms with Crippen molar-refractivity contribution in [2.24, 2.45) is 11.1 Å². The quantitative estimate of drug-likeness (QED) is 0.740. The standard InChI is InChI=1S/C13H23N3O2/c1-9(17)15-10-5-7-16(8-10)12(18)13(2)6-3-4-11(13)14/h10-11H,3-8,14H2,1-2H3,(H,15,17). The van der Waals surface area contributed by atoms with E-state index in [1.54, 1.807) is 0 Å². The van der Waals surface area contributed by atoms with Crippen molar-refractivity contribution >= 4 is 11.8 Å². The molecule has 0 aromatic heterocycles. The summed E-state index contributed by atoms with van der Waals surface area (Å²) in [4.78, 5) is 25.4. The number of nitrogens with two attached hydrogens (primary N) is 1. The highest BCUT2D eigenvalue weighted by molar-refractivity contribution is 5.84. The second-order valence-corrected chi connectivity index (χ2v) is 5.85. The molecule has 3 N–H and O–H groups in total. The Kier molecular flexibility index (Phi) is 3.61. The van der Waals surface area contributed by atoms with Crippen molar-refractivity contribution in [3.8, 4) is 0 Å². The van der Waals surface area contributed by atoms with E-state index in [0.717, 1.165) is 32.2 Å². The highest BCUT2D eigenvalue weighted by atomic mass is 16.2. The first-order valence-corrected chi connectivity index (χ1v) is 6.75. The van der Waals surface area contributed by atoms with Crippen LogP contribution in [0.1, 0.15) is 39.5 Å². The van der Waals surface area contributed by atoms with Crippen molar-refractivity contribution in [3.05, 3.63) is 0 Å².